The van der Waals surface area contributed by atoms with Crippen LogP contribution in [0.3, 0.4) is 0 Å². The largest absolute Gasteiger partial charge is 0.496 e. The predicted octanol–water partition coefficient (Wildman–Crippen LogP) is 4.76. The molecule has 3 fully saturated rings. The van der Waals surface area contributed by atoms with Gasteiger partial charge in [0.25, 0.3) is 5.91 Å². The lowest BCUT2D eigenvalue weighted by atomic mass is 9.76. The molecule has 0 radical (unpaired) electrons. The van der Waals surface area contributed by atoms with E-state index in [1.54, 1.807) is 19.2 Å². The molecule has 1 aromatic heterocycles. The molecule has 1 atom stereocenters. The van der Waals surface area contributed by atoms with Gasteiger partial charge in [-0.3, -0.25) is 4.79 Å². The number of ether oxygens (including phenoxy) is 1. The van der Waals surface area contributed by atoms with Gasteiger partial charge in [-0.1, -0.05) is 59.6 Å². The first-order chi connectivity index (χ1) is 24.8. The SMILES string of the molecule is COc1ccc(-n2cnnn2)cc1C(=O)N1CCC(CCN2CCC(NC(=O)N3CCNCC3)(c3ccccc3)CC2)(c2ccc(Cl)c(Cl)c2)C1. The van der Waals surface area contributed by atoms with E-state index in [1.807, 2.05) is 52.3 Å². The fourth-order valence-corrected chi connectivity index (χ4v) is 8.13. The van der Waals surface area contributed by atoms with Crippen LogP contribution in [0.4, 0.5) is 4.79 Å². The Morgan fingerprint density at radius 3 is 2.37 bits per heavy atom. The van der Waals surface area contributed by atoms with Crippen molar-refractivity contribution in [2.45, 2.75) is 36.6 Å². The van der Waals surface area contributed by atoms with Gasteiger partial charge in [-0.2, -0.15) is 0 Å². The van der Waals surface area contributed by atoms with Crippen LogP contribution in [-0.4, -0.2) is 113 Å². The van der Waals surface area contributed by atoms with Crippen molar-refractivity contribution in [1.82, 2.24) is 45.5 Å². The topological polar surface area (TPSA) is 121 Å². The van der Waals surface area contributed by atoms with Crippen LogP contribution in [-0.2, 0) is 11.0 Å². The molecule has 3 aliphatic rings. The van der Waals surface area contributed by atoms with E-state index in [0.29, 0.717) is 53.2 Å². The predicted molar refractivity (Wildman–Crippen MR) is 196 cm³/mol. The summed E-state index contributed by atoms with van der Waals surface area (Å²) in [5.74, 6) is 0.373. The summed E-state index contributed by atoms with van der Waals surface area (Å²) in [4.78, 5) is 34.0. The van der Waals surface area contributed by atoms with Gasteiger partial charge >= 0.3 is 6.03 Å². The Labute approximate surface area is 308 Å². The molecule has 3 aromatic carbocycles. The highest BCUT2D eigenvalue weighted by Crippen LogP contribution is 2.42. The zero-order chi connectivity index (χ0) is 35.4. The second-order valence-corrected chi connectivity index (χ2v) is 14.5. The minimum atomic E-state index is -0.437. The van der Waals surface area contributed by atoms with Crippen LogP contribution in [0.25, 0.3) is 5.69 Å². The van der Waals surface area contributed by atoms with Gasteiger partial charge in [0.05, 0.1) is 33.9 Å². The molecule has 3 aliphatic heterocycles. The molecule has 4 heterocycles. The maximum atomic E-state index is 14.2. The molecular formula is C37H43Cl2N9O3. The Bertz CT molecular complexity index is 1830. The number of likely N-dealkylation sites (tertiary alicyclic amines) is 2. The lowest BCUT2D eigenvalue weighted by Gasteiger charge is -2.44. The van der Waals surface area contributed by atoms with Gasteiger partial charge in [-0.15, -0.1) is 5.10 Å². The lowest BCUT2D eigenvalue weighted by molar-refractivity contribution is 0.0774. The Balaban J connectivity index is 1.09. The molecule has 3 saturated heterocycles. The van der Waals surface area contributed by atoms with Crippen molar-refractivity contribution in [2.75, 3.05) is 66.0 Å². The van der Waals surface area contributed by atoms with Crippen LogP contribution in [0, 0.1) is 0 Å². The third-order valence-corrected chi connectivity index (χ3v) is 11.6. The number of piperazine rings is 1. The summed E-state index contributed by atoms with van der Waals surface area (Å²) in [5.41, 5.74) is 2.56. The van der Waals surface area contributed by atoms with Gasteiger partial charge in [-0.25, -0.2) is 9.48 Å². The van der Waals surface area contributed by atoms with E-state index in [4.69, 9.17) is 27.9 Å². The molecule has 0 spiro atoms. The van der Waals surface area contributed by atoms with Crippen LogP contribution in [0.15, 0.2) is 73.1 Å². The second kappa shape index (κ2) is 15.2. The summed E-state index contributed by atoms with van der Waals surface area (Å²) in [6, 6.07) is 21.6. The number of piperidine rings is 1. The first kappa shape index (κ1) is 35.2. The monoisotopic (exact) mass is 731 g/mol. The zero-order valence-corrected chi connectivity index (χ0v) is 30.2. The number of hydrogen-bond donors (Lipinski definition) is 2. The number of amides is 3. The van der Waals surface area contributed by atoms with Crippen molar-refractivity contribution in [3.05, 3.63) is 99.8 Å². The number of hydrogen-bond acceptors (Lipinski definition) is 8. The first-order valence-corrected chi connectivity index (χ1v) is 18.3. The molecule has 1 unspecified atom stereocenters. The van der Waals surface area contributed by atoms with Crippen LogP contribution in [0.2, 0.25) is 10.0 Å². The molecule has 51 heavy (non-hydrogen) atoms. The molecule has 14 heteroatoms. The van der Waals surface area contributed by atoms with Gasteiger partial charge in [0, 0.05) is 57.8 Å². The first-order valence-electron chi connectivity index (χ1n) is 17.5. The third-order valence-electron chi connectivity index (χ3n) is 10.9. The van der Waals surface area contributed by atoms with Crippen LogP contribution < -0.4 is 15.4 Å². The van der Waals surface area contributed by atoms with Crippen molar-refractivity contribution in [3.63, 3.8) is 0 Å². The van der Waals surface area contributed by atoms with E-state index in [9.17, 15) is 9.59 Å². The zero-order valence-electron chi connectivity index (χ0n) is 28.7. The Morgan fingerprint density at radius 1 is 0.882 bits per heavy atom. The average molecular weight is 733 g/mol. The third kappa shape index (κ3) is 7.41. The Morgan fingerprint density at radius 2 is 1.67 bits per heavy atom. The number of carbonyl (C=O) groups excluding carboxylic acids is 2. The number of benzene rings is 3. The van der Waals surface area contributed by atoms with Crippen molar-refractivity contribution < 1.29 is 14.3 Å². The Hall–Kier alpha value is -4.23. The van der Waals surface area contributed by atoms with Gasteiger partial charge < -0.3 is 30.1 Å². The van der Waals surface area contributed by atoms with Crippen molar-refractivity contribution in [1.29, 1.82) is 0 Å². The lowest BCUT2D eigenvalue weighted by Crippen LogP contribution is -2.58. The molecule has 268 valence electrons. The molecular weight excluding hydrogens is 689 g/mol. The summed E-state index contributed by atoms with van der Waals surface area (Å²) in [5, 5.41) is 19.3. The second-order valence-electron chi connectivity index (χ2n) is 13.7. The minimum absolute atomic E-state index is 0.00297. The molecule has 0 aliphatic carbocycles. The van der Waals surface area contributed by atoms with Gasteiger partial charge in [-0.05, 0) is 84.1 Å². The highest BCUT2D eigenvalue weighted by molar-refractivity contribution is 6.42. The molecule has 12 nitrogen and oxygen atoms in total. The summed E-state index contributed by atoms with van der Waals surface area (Å²) in [6.45, 7) is 6.62. The average Bonchev–Trinajstić information content (AvgIpc) is 3.88. The molecule has 4 aromatic rings. The maximum Gasteiger partial charge on any atom is 0.318 e. The van der Waals surface area contributed by atoms with E-state index in [0.717, 1.165) is 69.5 Å². The number of tetrazole rings is 1. The standard InChI is InChI=1S/C37H43Cl2N9O3/c1-51-33-10-8-29(48-26-41-43-44-48)24-30(33)34(49)47-20-12-36(25-47,28-7-9-31(38)32(39)23-28)11-17-45-18-13-37(14-19-45,27-5-3-2-4-6-27)42-35(50)46-21-15-40-16-22-46/h2-10,23-24,26,40H,11-22,25H2,1H3,(H,42,50). The van der Waals surface area contributed by atoms with Crippen molar-refractivity contribution in [3.8, 4) is 11.4 Å². The van der Waals surface area contributed by atoms with E-state index in [-0.39, 0.29) is 17.4 Å². The smallest absolute Gasteiger partial charge is 0.318 e. The highest BCUT2D eigenvalue weighted by Gasteiger charge is 2.44. The van der Waals surface area contributed by atoms with E-state index in [2.05, 4.69) is 43.2 Å². The van der Waals surface area contributed by atoms with E-state index in [1.165, 1.54) is 11.0 Å². The summed E-state index contributed by atoms with van der Waals surface area (Å²) in [6.07, 6.45) is 4.69. The van der Waals surface area contributed by atoms with Crippen LogP contribution in [0.5, 0.6) is 5.75 Å². The number of halogens is 2. The number of rotatable bonds is 9. The van der Waals surface area contributed by atoms with E-state index >= 15 is 0 Å². The normalized spacial score (nSPS) is 20.7. The summed E-state index contributed by atoms with van der Waals surface area (Å²) in [7, 11) is 1.56. The Kier molecular flexibility index (Phi) is 10.5. The highest BCUT2D eigenvalue weighted by atomic mass is 35.5. The number of urea groups is 1. The minimum Gasteiger partial charge on any atom is -0.496 e. The number of methoxy groups -OCH3 is 1. The number of nitrogens with zero attached hydrogens (tertiary/aromatic N) is 7. The molecule has 7 rings (SSSR count). The fourth-order valence-electron chi connectivity index (χ4n) is 7.84. The molecule has 0 bridgehead atoms. The molecule has 0 saturated carbocycles. The summed E-state index contributed by atoms with van der Waals surface area (Å²) >= 11 is 13.0. The van der Waals surface area contributed by atoms with E-state index < -0.39 is 5.54 Å². The van der Waals surface area contributed by atoms with Crippen molar-refractivity contribution in [2.24, 2.45) is 0 Å². The van der Waals surface area contributed by atoms with Gasteiger partial charge in [0.15, 0.2) is 0 Å². The molecule has 2 N–H and O–H groups in total. The quantitative estimate of drug-likeness (QED) is 0.253. The number of nitrogens with one attached hydrogen (secondary N) is 2. The number of carbonyl (C=O) groups is 2. The van der Waals surface area contributed by atoms with Crippen LogP contribution in [0.1, 0.15) is 47.2 Å². The molecule has 3 amide bonds. The van der Waals surface area contributed by atoms with Gasteiger partial charge in [0.2, 0.25) is 0 Å². The fraction of sp³-hybridized carbons (Fsp3) is 0.432. The maximum absolute atomic E-state index is 14.2. The number of aromatic nitrogens is 4. The van der Waals surface area contributed by atoms with Crippen molar-refractivity contribution >= 4 is 35.1 Å². The van der Waals surface area contributed by atoms with Gasteiger partial charge in [0.1, 0.15) is 12.1 Å². The summed E-state index contributed by atoms with van der Waals surface area (Å²) < 4.78 is 7.13. The van der Waals surface area contributed by atoms with Crippen LogP contribution >= 0.6 is 23.2 Å².